The smallest absolute Gasteiger partial charge is 0.339 e. The van der Waals surface area contributed by atoms with E-state index in [1.165, 1.54) is 11.8 Å². The molecule has 0 radical (unpaired) electrons. The molecule has 1 aliphatic heterocycles. The molecule has 2 aromatic rings. The van der Waals surface area contributed by atoms with Gasteiger partial charge in [0.2, 0.25) is 5.91 Å². The van der Waals surface area contributed by atoms with Gasteiger partial charge < -0.3 is 19.9 Å². The van der Waals surface area contributed by atoms with E-state index in [1.54, 1.807) is 17.0 Å². The van der Waals surface area contributed by atoms with Crippen LogP contribution in [0.4, 0.5) is 0 Å². The van der Waals surface area contributed by atoms with Gasteiger partial charge in [-0.25, -0.2) is 4.79 Å². The molecule has 8 nitrogen and oxygen atoms in total. The van der Waals surface area contributed by atoms with E-state index in [2.05, 4.69) is 5.16 Å². The lowest BCUT2D eigenvalue weighted by Crippen LogP contribution is -2.43. The monoisotopic (exact) mass is 431 g/mol. The number of ether oxygens (including phenoxy) is 1. The standard InChI is InChI=1S/C21H25N3O5S/c1-13-17(14(2)29-23-13)12-30-18-6-4-3-5-16(18)21(27)28-11-19(25)24-9-7-15(8-10-24)20(22)26/h3-6,15H,7-12H2,1-2H3,(H2,22,26). The topological polar surface area (TPSA) is 116 Å². The third-order valence-electron chi connectivity index (χ3n) is 5.24. The number of hydrogen-bond donors (Lipinski definition) is 1. The lowest BCUT2D eigenvalue weighted by atomic mass is 9.96. The molecule has 2 amide bonds. The zero-order valence-electron chi connectivity index (χ0n) is 17.1. The number of hydrogen-bond acceptors (Lipinski definition) is 7. The Balaban J connectivity index is 1.56. The molecule has 2 heterocycles. The zero-order valence-corrected chi connectivity index (χ0v) is 17.9. The summed E-state index contributed by atoms with van der Waals surface area (Å²) in [6.45, 7) is 4.28. The Hall–Kier alpha value is -2.81. The van der Waals surface area contributed by atoms with E-state index >= 15 is 0 Å². The number of nitrogens with zero attached hydrogens (tertiary/aromatic N) is 2. The maximum absolute atomic E-state index is 12.6. The summed E-state index contributed by atoms with van der Waals surface area (Å²) in [5.74, 6) is 0.0201. The molecule has 1 fully saturated rings. The molecule has 1 aromatic carbocycles. The quantitative estimate of drug-likeness (QED) is 0.529. The van der Waals surface area contributed by atoms with Crippen LogP contribution in [0.1, 0.15) is 40.2 Å². The molecule has 1 saturated heterocycles. The highest BCUT2D eigenvalue weighted by molar-refractivity contribution is 7.98. The van der Waals surface area contributed by atoms with Gasteiger partial charge in [0.05, 0.1) is 11.3 Å². The Morgan fingerprint density at radius 2 is 1.93 bits per heavy atom. The number of aryl methyl sites for hydroxylation is 2. The second-order valence-electron chi connectivity index (χ2n) is 7.22. The van der Waals surface area contributed by atoms with Crippen molar-refractivity contribution in [3.8, 4) is 0 Å². The van der Waals surface area contributed by atoms with Crippen molar-refractivity contribution in [2.45, 2.75) is 37.3 Å². The summed E-state index contributed by atoms with van der Waals surface area (Å²) >= 11 is 1.49. The van der Waals surface area contributed by atoms with E-state index in [4.69, 9.17) is 15.0 Å². The van der Waals surface area contributed by atoms with Gasteiger partial charge in [-0.15, -0.1) is 11.8 Å². The summed E-state index contributed by atoms with van der Waals surface area (Å²) in [6, 6.07) is 7.13. The molecule has 0 atom stereocenters. The van der Waals surface area contributed by atoms with Crippen molar-refractivity contribution >= 4 is 29.5 Å². The fourth-order valence-corrected chi connectivity index (χ4v) is 4.52. The molecule has 2 N–H and O–H groups in total. The van der Waals surface area contributed by atoms with E-state index in [1.807, 2.05) is 26.0 Å². The van der Waals surface area contributed by atoms with Crippen LogP contribution in [-0.2, 0) is 20.1 Å². The minimum absolute atomic E-state index is 0.196. The minimum atomic E-state index is -0.544. The van der Waals surface area contributed by atoms with Crippen LogP contribution in [0.3, 0.4) is 0 Å². The molecule has 0 aliphatic carbocycles. The van der Waals surface area contributed by atoms with Crippen molar-refractivity contribution in [3.05, 3.63) is 46.8 Å². The fraction of sp³-hybridized carbons (Fsp3) is 0.429. The van der Waals surface area contributed by atoms with Crippen molar-refractivity contribution in [3.63, 3.8) is 0 Å². The van der Waals surface area contributed by atoms with Crippen LogP contribution in [0.15, 0.2) is 33.7 Å². The summed E-state index contributed by atoms with van der Waals surface area (Å²) in [7, 11) is 0. The zero-order chi connectivity index (χ0) is 21.7. The summed E-state index contributed by atoms with van der Waals surface area (Å²) in [4.78, 5) is 38.6. The summed E-state index contributed by atoms with van der Waals surface area (Å²) in [5, 5.41) is 3.95. The second-order valence-corrected chi connectivity index (χ2v) is 8.24. The van der Waals surface area contributed by atoms with Crippen molar-refractivity contribution < 1.29 is 23.6 Å². The Morgan fingerprint density at radius 3 is 2.57 bits per heavy atom. The highest BCUT2D eigenvalue weighted by Gasteiger charge is 2.26. The molecule has 0 saturated carbocycles. The molecule has 1 aromatic heterocycles. The van der Waals surface area contributed by atoms with E-state index in [0.29, 0.717) is 37.2 Å². The summed E-state index contributed by atoms with van der Waals surface area (Å²) in [6.07, 6.45) is 1.08. The first-order valence-corrected chi connectivity index (χ1v) is 10.7. The number of benzene rings is 1. The largest absolute Gasteiger partial charge is 0.452 e. The molecule has 3 rings (SSSR count). The normalized spacial score (nSPS) is 14.5. The van der Waals surface area contributed by atoms with E-state index < -0.39 is 5.97 Å². The lowest BCUT2D eigenvalue weighted by molar-refractivity contribution is -0.137. The van der Waals surface area contributed by atoms with E-state index in [-0.39, 0.29) is 24.3 Å². The molecule has 0 spiro atoms. The van der Waals surface area contributed by atoms with Crippen LogP contribution >= 0.6 is 11.8 Å². The number of piperidine rings is 1. The number of carbonyl (C=O) groups excluding carboxylic acids is 3. The first-order valence-electron chi connectivity index (χ1n) is 9.74. The third-order valence-corrected chi connectivity index (χ3v) is 6.34. The first-order chi connectivity index (χ1) is 14.4. The number of carbonyl (C=O) groups is 3. The van der Waals surface area contributed by atoms with Gasteiger partial charge >= 0.3 is 5.97 Å². The molecule has 0 unspecified atom stereocenters. The summed E-state index contributed by atoms with van der Waals surface area (Å²) < 4.78 is 10.5. The van der Waals surface area contributed by atoms with E-state index in [0.717, 1.165) is 21.9 Å². The number of thioether (sulfide) groups is 1. The van der Waals surface area contributed by atoms with Gasteiger partial charge in [-0.1, -0.05) is 17.3 Å². The Bertz CT molecular complexity index is 915. The van der Waals surface area contributed by atoms with Crippen LogP contribution in [-0.4, -0.2) is 47.5 Å². The van der Waals surface area contributed by atoms with Crippen molar-refractivity contribution in [2.24, 2.45) is 11.7 Å². The van der Waals surface area contributed by atoms with Crippen molar-refractivity contribution in [1.29, 1.82) is 0 Å². The van der Waals surface area contributed by atoms with E-state index in [9.17, 15) is 14.4 Å². The molecule has 160 valence electrons. The van der Waals surface area contributed by atoms with Crippen LogP contribution in [0.25, 0.3) is 0 Å². The van der Waals surface area contributed by atoms with Crippen LogP contribution in [0, 0.1) is 19.8 Å². The molecular weight excluding hydrogens is 406 g/mol. The molecule has 0 bridgehead atoms. The Kier molecular flexibility index (Phi) is 7.15. The van der Waals surface area contributed by atoms with Gasteiger partial charge in [-0.05, 0) is 38.8 Å². The predicted octanol–water partition coefficient (Wildman–Crippen LogP) is 2.46. The average Bonchev–Trinajstić information content (AvgIpc) is 3.07. The highest BCUT2D eigenvalue weighted by Crippen LogP contribution is 2.29. The van der Waals surface area contributed by atoms with Gasteiger partial charge in [0.1, 0.15) is 5.76 Å². The van der Waals surface area contributed by atoms with Crippen LogP contribution in [0.5, 0.6) is 0 Å². The molecule has 9 heteroatoms. The maximum atomic E-state index is 12.6. The highest BCUT2D eigenvalue weighted by atomic mass is 32.2. The molecule has 30 heavy (non-hydrogen) atoms. The predicted molar refractivity (Wildman–Crippen MR) is 111 cm³/mol. The average molecular weight is 432 g/mol. The number of likely N-dealkylation sites (tertiary alicyclic amines) is 1. The van der Waals surface area contributed by atoms with Crippen LogP contribution < -0.4 is 5.73 Å². The number of primary amides is 1. The number of rotatable bonds is 7. The van der Waals surface area contributed by atoms with Gasteiger partial charge in [0, 0.05) is 35.2 Å². The first kappa shape index (κ1) is 21.9. The number of nitrogens with two attached hydrogens (primary N) is 1. The number of esters is 1. The lowest BCUT2D eigenvalue weighted by Gasteiger charge is -2.30. The summed E-state index contributed by atoms with van der Waals surface area (Å²) in [5.41, 5.74) is 7.55. The second kappa shape index (κ2) is 9.80. The van der Waals surface area contributed by atoms with Gasteiger partial charge in [-0.2, -0.15) is 0 Å². The molecule has 1 aliphatic rings. The SMILES string of the molecule is Cc1noc(C)c1CSc1ccccc1C(=O)OCC(=O)N1CCC(C(N)=O)CC1. The maximum Gasteiger partial charge on any atom is 0.339 e. The Labute approximate surface area is 179 Å². The third kappa shape index (κ3) is 5.21. The number of aromatic nitrogens is 1. The fourth-order valence-electron chi connectivity index (χ4n) is 3.33. The number of amides is 2. The Morgan fingerprint density at radius 1 is 1.23 bits per heavy atom. The van der Waals surface area contributed by atoms with Crippen molar-refractivity contribution in [2.75, 3.05) is 19.7 Å². The van der Waals surface area contributed by atoms with Crippen molar-refractivity contribution in [1.82, 2.24) is 10.1 Å². The van der Waals surface area contributed by atoms with Gasteiger partial charge in [-0.3, -0.25) is 9.59 Å². The van der Waals surface area contributed by atoms with Crippen LogP contribution in [0.2, 0.25) is 0 Å². The van der Waals surface area contributed by atoms with Gasteiger partial charge in [0.25, 0.3) is 5.91 Å². The minimum Gasteiger partial charge on any atom is -0.452 e. The molecular formula is C21H25N3O5S. The van der Waals surface area contributed by atoms with Gasteiger partial charge in [0.15, 0.2) is 6.61 Å².